The van der Waals surface area contributed by atoms with Gasteiger partial charge >= 0.3 is 0 Å². The molecule has 0 aliphatic carbocycles. The van der Waals surface area contributed by atoms with Crippen LogP contribution in [-0.4, -0.2) is 26.2 Å². The van der Waals surface area contributed by atoms with Crippen molar-refractivity contribution in [3.63, 3.8) is 0 Å². The highest BCUT2D eigenvalue weighted by Gasteiger charge is 2.07. The minimum atomic E-state index is 0.0701. The van der Waals surface area contributed by atoms with Gasteiger partial charge in [0, 0.05) is 11.8 Å². The van der Waals surface area contributed by atoms with Gasteiger partial charge in [-0.15, -0.1) is 0 Å². The maximum Gasteiger partial charge on any atom is 0.246 e. The number of aryl methyl sites for hydroxylation is 2. The Kier molecular flexibility index (Phi) is 3.94. The van der Waals surface area contributed by atoms with Crippen molar-refractivity contribution >= 4 is 5.95 Å². The molecular weight excluding hydrogens is 246 g/mol. The van der Waals surface area contributed by atoms with Crippen molar-refractivity contribution < 1.29 is 9.26 Å². The van der Waals surface area contributed by atoms with Crippen molar-refractivity contribution in [2.24, 2.45) is 0 Å². The van der Waals surface area contributed by atoms with Crippen molar-refractivity contribution in [3.05, 3.63) is 23.5 Å². The van der Waals surface area contributed by atoms with E-state index in [2.05, 4.69) is 25.4 Å². The number of hydrogen-bond acceptors (Lipinski definition) is 7. The molecule has 1 N–H and O–H groups in total. The lowest BCUT2D eigenvalue weighted by molar-refractivity contribution is 0.232. The first-order chi connectivity index (χ1) is 9.02. The molecule has 0 bridgehead atoms. The molecule has 0 aliphatic rings. The fourth-order valence-corrected chi connectivity index (χ4v) is 1.49. The second-order valence-corrected chi connectivity index (χ2v) is 4.43. The lowest BCUT2D eigenvalue weighted by atomic mass is 10.4. The van der Waals surface area contributed by atoms with Gasteiger partial charge in [-0.2, -0.15) is 9.97 Å². The lowest BCUT2D eigenvalue weighted by Crippen LogP contribution is -2.10. The first kappa shape index (κ1) is 13.3. The van der Waals surface area contributed by atoms with Crippen LogP contribution in [0.3, 0.4) is 0 Å². The molecule has 0 aromatic carbocycles. The number of rotatable bonds is 5. The molecule has 7 heteroatoms. The summed E-state index contributed by atoms with van der Waals surface area (Å²) >= 11 is 0. The zero-order valence-corrected chi connectivity index (χ0v) is 11.5. The summed E-state index contributed by atoms with van der Waals surface area (Å²) < 4.78 is 10.5. The Morgan fingerprint density at radius 3 is 2.68 bits per heavy atom. The van der Waals surface area contributed by atoms with E-state index in [4.69, 9.17) is 9.26 Å². The van der Waals surface area contributed by atoms with Crippen molar-refractivity contribution in [1.29, 1.82) is 0 Å². The average molecular weight is 263 g/mol. The maximum absolute atomic E-state index is 5.55. The molecule has 0 saturated carbocycles. The monoisotopic (exact) mass is 263 g/mol. The molecule has 0 spiro atoms. The van der Waals surface area contributed by atoms with Crippen molar-refractivity contribution in [2.75, 3.05) is 5.32 Å². The van der Waals surface area contributed by atoms with Crippen LogP contribution in [-0.2, 0) is 6.54 Å². The van der Waals surface area contributed by atoms with E-state index in [1.54, 1.807) is 13.0 Å². The number of hydrogen-bond donors (Lipinski definition) is 1. The Hall–Kier alpha value is -2.18. The van der Waals surface area contributed by atoms with Crippen LogP contribution in [0.5, 0.6) is 5.88 Å². The predicted octanol–water partition coefficient (Wildman–Crippen LogP) is 1.88. The van der Waals surface area contributed by atoms with Crippen molar-refractivity contribution in [2.45, 2.75) is 40.3 Å². The highest BCUT2D eigenvalue weighted by atomic mass is 16.5. The van der Waals surface area contributed by atoms with E-state index in [0.717, 1.165) is 5.69 Å². The third-order valence-corrected chi connectivity index (χ3v) is 2.15. The summed E-state index contributed by atoms with van der Waals surface area (Å²) in [5.74, 6) is 2.12. The zero-order chi connectivity index (χ0) is 13.8. The molecule has 0 atom stereocenters. The van der Waals surface area contributed by atoms with Gasteiger partial charge in [-0.3, -0.25) is 0 Å². The van der Waals surface area contributed by atoms with Gasteiger partial charge in [-0.25, -0.2) is 4.98 Å². The largest absolute Gasteiger partial charge is 0.475 e. The third-order valence-electron chi connectivity index (χ3n) is 2.15. The minimum Gasteiger partial charge on any atom is -0.475 e. The standard InChI is InChI=1S/C12H17N5O2/c1-7(2)18-10-5-8(3)14-12(16-10)13-6-11-15-9(4)17-19-11/h5,7H,6H2,1-4H3,(H,13,14,16). The second kappa shape index (κ2) is 5.64. The summed E-state index contributed by atoms with van der Waals surface area (Å²) in [5, 5.41) is 6.74. The zero-order valence-electron chi connectivity index (χ0n) is 11.5. The highest BCUT2D eigenvalue weighted by Crippen LogP contribution is 2.14. The number of nitrogens with zero attached hydrogens (tertiary/aromatic N) is 4. The van der Waals surface area contributed by atoms with Crippen LogP contribution in [0.2, 0.25) is 0 Å². The average Bonchev–Trinajstić information content (AvgIpc) is 2.71. The second-order valence-electron chi connectivity index (χ2n) is 4.43. The third kappa shape index (κ3) is 3.90. The number of anilines is 1. The molecule has 2 heterocycles. The van der Waals surface area contributed by atoms with Gasteiger partial charge in [0.1, 0.15) is 0 Å². The molecule has 0 fully saturated rings. The smallest absolute Gasteiger partial charge is 0.246 e. The van der Waals surface area contributed by atoms with Crippen molar-refractivity contribution in [3.8, 4) is 5.88 Å². The number of aromatic nitrogens is 4. The van der Waals surface area contributed by atoms with Crippen LogP contribution in [0.4, 0.5) is 5.95 Å². The van der Waals surface area contributed by atoms with Gasteiger partial charge in [0.2, 0.25) is 17.7 Å². The summed E-state index contributed by atoms with van der Waals surface area (Å²) in [7, 11) is 0. The fourth-order valence-electron chi connectivity index (χ4n) is 1.49. The molecule has 0 radical (unpaired) electrons. The van der Waals surface area contributed by atoms with Crippen LogP contribution in [0.1, 0.15) is 31.3 Å². The Morgan fingerprint density at radius 1 is 1.26 bits per heavy atom. The molecule has 102 valence electrons. The molecule has 19 heavy (non-hydrogen) atoms. The number of ether oxygens (including phenoxy) is 1. The quantitative estimate of drug-likeness (QED) is 0.881. The summed E-state index contributed by atoms with van der Waals surface area (Å²) in [6.45, 7) is 7.94. The summed E-state index contributed by atoms with van der Waals surface area (Å²) in [4.78, 5) is 12.6. The molecule has 0 saturated heterocycles. The van der Waals surface area contributed by atoms with Crippen molar-refractivity contribution in [1.82, 2.24) is 20.1 Å². The normalized spacial score (nSPS) is 10.8. The molecule has 0 amide bonds. The van der Waals surface area contributed by atoms with Gasteiger partial charge in [-0.1, -0.05) is 5.16 Å². The van der Waals surface area contributed by atoms with Crippen LogP contribution in [0.15, 0.2) is 10.6 Å². The van der Waals surface area contributed by atoms with Gasteiger partial charge in [-0.05, 0) is 27.7 Å². The molecule has 0 unspecified atom stereocenters. The number of nitrogens with one attached hydrogen (secondary N) is 1. The Balaban J connectivity index is 2.05. The Morgan fingerprint density at radius 2 is 2.05 bits per heavy atom. The first-order valence-corrected chi connectivity index (χ1v) is 6.08. The van der Waals surface area contributed by atoms with Gasteiger partial charge in [0.15, 0.2) is 5.82 Å². The molecule has 2 aromatic heterocycles. The molecule has 7 nitrogen and oxygen atoms in total. The highest BCUT2D eigenvalue weighted by molar-refractivity contribution is 5.30. The van der Waals surface area contributed by atoms with Crippen LogP contribution < -0.4 is 10.1 Å². The first-order valence-electron chi connectivity index (χ1n) is 6.08. The molecule has 2 rings (SSSR count). The SMILES string of the molecule is Cc1cc(OC(C)C)nc(NCc2nc(C)no2)n1. The molecule has 0 aliphatic heterocycles. The molecular formula is C12H17N5O2. The van der Waals surface area contributed by atoms with Gasteiger partial charge in [0.05, 0.1) is 12.6 Å². The van der Waals surface area contributed by atoms with Gasteiger partial charge < -0.3 is 14.6 Å². The topological polar surface area (TPSA) is 86.0 Å². The van der Waals surface area contributed by atoms with E-state index in [9.17, 15) is 0 Å². The minimum absolute atomic E-state index is 0.0701. The Bertz CT molecular complexity index is 553. The van der Waals surface area contributed by atoms with E-state index >= 15 is 0 Å². The van der Waals surface area contributed by atoms with E-state index in [1.165, 1.54) is 0 Å². The Labute approximate surface area is 111 Å². The summed E-state index contributed by atoms with van der Waals surface area (Å²) in [6, 6.07) is 1.79. The van der Waals surface area contributed by atoms with Gasteiger partial charge in [0.25, 0.3) is 0 Å². The summed E-state index contributed by atoms with van der Waals surface area (Å²) in [6.07, 6.45) is 0.0701. The van der Waals surface area contributed by atoms with E-state index in [0.29, 0.717) is 30.1 Å². The van der Waals surface area contributed by atoms with E-state index in [1.807, 2.05) is 20.8 Å². The molecule has 2 aromatic rings. The van der Waals surface area contributed by atoms with Crippen LogP contribution in [0.25, 0.3) is 0 Å². The van der Waals surface area contributed by atoms with Crippen LogP contribution in [0, 0.1) is 13.8 Å². The van der Waals surface area contributed by atoms with E-state index in [-0.39, 0.29) is 6.10 Å². The maximum atomic E-state index is 5.55. The van der Waals surface area contributed by atoms with E-state index < -0.39 is 0 Å². The lowest BCUT2D eigenvalue weighted by Gasteiger charge is -2.10. The fraction of sp³-hybridized carbons (Fsp3) is 0.500. The summed E-state index contributed by atoms with van der Waals surface area (Å²) in [5.41, 5.74) is 0.829. The van der Waals surface area contributed by atoms with Crippen LogP contribution >= 0.6 is 0 Å². The predicted molar refractivity (Wildman–Crippen MR) is 68.9 cm³/mol.